The van der Waals surface area contributed by atoms with E-state index in [1.807, 2.05) is 30.5 Å². The lowest BCUT2D eigenvalue weighted by Gasteiger charge is -2.29. The molecule has 0 bridgehead atoms. The van der Waals surface area contributed by atoms with Crippen molar-refractivity contribution in [3.05, 3.63) is 59.7 Å². The Morgan fingerprint density at radius 3 is 2.07 bits per heavy atom. The standard InChI is InChI=1S/C23H24O4S/c1-13(2)22(24)26-20-15-9-6-7-10-16(15)21(27-23(25)14(3)4)19-17(20)11-8-12-18(19)28-5/h6-7,9-10,18H,1,3,8,11-12H2,2,4-5H3. The Balaban J connectivity index is 2.33. The Morgan fingerprint density at radius 1 is 1.00 bits per heavy atom. The van der Waals surface area contributed by atoms with E-state index in [1.165, 1.54) is 0 Å². The van der Waals surface area contributed by atoms with Crippen molar-refractivity contribution in [1.82, 2.24) is 0 Å². The third-order valence-corrected chi connectivity index (χ3v) is 5.89. The molecule has 28 heavy (non-hydrogen) atoms. The maximum atomic E-state index is 12.4. The molecule has 0 spiro atoms. The summed E-state index contributed by atoms with van der Waals surface area (Å²) in [6.45, 7) is 10.7. The zero-order chi connectivity index (χ0) is 20.4. The lowest BCUT2D eigenvalue weighted by Crippen LogP contribution is -2.18. The molecule has 0 saturated heterocycles. The molecule has 0 radical (unpaired) electrons. The van der Waals surface area contributed by atoms with Gasteiger partial charge in [-0.05, 0) is 39.4 Å². The van der Waals surface area contributed by atoms with E-state index in [9.17, 15) is 9.59 Å². The van der Waals surface area contributed by atoms with Gasteiger partial charge in [-0.1, -0.05) is 37.4 Å². The highest BCUT2D eigenvalue weighted by molar-refractivity contribution is 7.98. The first kappa shape index (κ1) is 20.2. The molecule has 3 rings (SSSR count). The van der Waals surface area contributed by atoms with E-state index in [2.05, 4.69) is 13.2 Å². The Bertz CT molecular complexity index is 990. The van der Waals surface area contributed by atoms with Crippen LogP contribution in [0.2, 0.25) is 0 Å². The van der Waals surface area contributed by atoms with Crippen LogP contribution >= 0.6 is 11.8 Å². The summed E-state index contributed by atoms with van der Waals surface area (Å²) in [6.07, 6.45) is 4.74. The fourth-order valence-electron chi connectivity index (χ4n) is 3.47. The average Bonchev–Trinajstić information content (AvgIpc) is 2.69. The number of carbonyl (C=O) groups is 2. The summed E-state index contributed by atoms with van der Waals surface area (Å²) < 4.78 is 11.6. The first-order valence-corrected chi connectivity index (χ1v) is 10.5. The van der Waals surface area contributed by atoms with Crippen LogP contribution in [-0.2, 0) is 16.0 Å². The molecule has 1 aliphatic rings. The fraction of sp³-hybridized carbons (Fsp3) is 0.304. The van der Waals surface area contributed by atoms with Gasteiger partial charge in [0.1, 0.15) is 11.5 Å². The normalized spacial score (nSPS) is 15.6. The van der Waals surface area contributed by atoms with Crippen molar-refractivity contribution in [3.63, 3.8) is 0 Å². The average molecular weight is 397 g/mol. The highest BCUT2D eigenvalue weighted by Gasteiger charge is 2.31. The Hall–Kier alpha value is -2.53. The Kier molecular flexibility index (Phi) is 5.94. The van der Waals surface area contributed by atoms with Crippen LogP contribution in [0.5, 0.6) is 11.5 Å². The Labute approximate surface area is 169 Å². The van der Waals surface area contributed by atoms with Gasteiger partial charge < -0.3 is 9.47 Å². The van der Waals surface area contributed by atoms with Gasteiger partial charge in [0.2, 0.25) is 0 Å². The topological polar surface area (TPSA) is 52.6 Å². The molecule has 0 heterocycles. The van der Waals surface area contributed by atoms with Crippen LogP contribution in [0.3, 0.4) is 0 Å². The van der Waals surface area contributed by atoms with Crippen LogP contribution in [0.25, 0.3) is 10.8 Å². The molecular weight excluding hydrogens is 372 g/mol. The van der Waals surface area contributed by atoms with E-state index in [0.717, 1.165) is 41.2 Å². The molecule has 5 heteroatoms. The summed E-state index contributed by atoms with van der Waals surface area (Å²) in [6, 6.07) is 7.54. The van der Waals surface area contributed by atoms with Gasteiger partial charge in [-0.15, -0.1) is 0 Å². The molecule has 146 valence electrons. The number of thioether (sulfide) groups is 1. The summed E-state index contributed by atoms with van der Waals surface area (Å²) in [4.78, 5) is 24.7. The molecule has 0 aliphatic heterocycles. The van der Waals surface area contributed by atoms with E-state index >= 15 is 0 Å². The molecular formula is C23H24O4S. The quantitative estimate of drug-likeness (QED) is 0.377. The second-order valence-corrected chi connectivity index (χ2v) is 8.09. The molecule has 1 aliphatic carbocycles. The van der Waals surface area contributed by atoms with E-state index in [0.29, 0.717) is 22.6 Å². The van der Waals surface area contributed by atoms with Gasteiger partial charge >= 0.3 is 11.9 Å². The summed E-state index contributed by atoms with van der Waals surface area (Å²) >= 11 is 1.71. The molecule has 0 aromatic heterocycles. The second kappa shape index (κ2) is 8.23. The maximum Gasteiger partial charge on any atom is 0.338 e. The molecule has 1 atom stereocenters. The number of ether oxygens (including phenoxy) is 2. The lowest BCUT2D eigenvalue weighted by molar-refractivity contribution is -0.131. The predicted molar refractivity (Wildman–Crippen MR) is 114 cm³/mol. The second-order valence-electron chi connectivity index (χ2n) is 7.05. The van der Waals surface area contributed by atoms with Crippen LogP contribution in [0.1, 0.15) is 43.1 Å². The fourth-order valence-corrected chi connectivity index (χ4v) is 4.35. The lowest BCUT2D eigenvalue weighted by atomic mass is 9.86. The minimum atomic E-state index is -0.454. The van der Waals surface area contributed by atoms with Crippen LogP contribution in [-0.4, -0.2) is 18.2 Å². The van der Waals surface area contributed by atoms with Gasteiger partial charge in [0.05, 0.1) is 0 Å². The number of fused-ring (bicyclic) bond motifs is 2. The number of benzene rings is 2. The van der Waals surface area contributed by atoms with Crippen molar-refractivity contribution in [2.75, 3.05) is 6.26 Å². The minimum absolute atomic E-state index is 0.156. The van der Waals surface area contributed by atoms with Crippen molar-refractivity contribution in [2.24, 2.45) is 0 Å². The van der Waals surface area contributed by atoms with E-state index < -0.39 is 11.9 Å². The first-order valence-electron chi connectivity index (χ1n) is 9.20. The molecule has 0 saturated carbocycles. The van der Waals surface area contributed by atoms with Gasteiger partial charge in [0.25, 0.3) is 0 Å². The smallest absolute Gasteiger partial charge is 0.338 e. The highest BCUT2D eigenvalue weighted by Crippen LogP contribution is 2.51. The zero-order valence-electron chi connectivity index (χ0n) is 16.5. The summed E-state index contributed by atoms with van der Waals surface area (Å²) in [5.41, 5.74) is 2.56. The molecule has 4 nitrogen and oxygen atoms in total. The first-order chi connectivity index (χ1) is 13.3. The SMILES string of the molecule is C=C(C)C(=O)Oc1c2c(c(OC(=O)C(=C)C)c3ccccc13)C(SC)CCC2. The van der Waals surface area contributed by atoms with Crippen molar-refractivity contribution < 1.29 is 19.1 Å². The number of carbonyl (C=O) groups excluding carboxylic acids is 2. The molecule has 2 aromatic rings. The largest absolute Gasteiger partial charge is 0.422 e. The van der Waals surface area contributed by atoms with Crippen LogP contribution in [0.15, 0.2) is 48.6 Å². The number of hydrogen-bond acceptors (Lipinski definition) is 5. The molecule has 1 unspecified atom stereocenters. The molecule has 0 amide bonds. The van der Waals surface area contributed by atoms with Crippen molar-refractivity contribution >= 4 is 34.5 Å². The van der Waals surface area contributed by atoms with Crippen molar-refractivity contribution in [3.8, 4) is 11.5 Å². The summed E-state index contributed by atoms with van der Waals surface area (Å²) in [5.74, 6) is 0.190. The van der Waals surface area contributed by atoms with E-state index in [4.69, 9.17) is 9.47 Å². The number of hydrogen-bond donors (Lipinski definition) is 0. The summed E-state index contributed by atoms with van der Waals surface area (Å²) in [7, 11) is 0. The third kappa shape index (κ3) is 3.72. The van der Waals surface area contributed by atoms with Gasteiger partial charge in [-0.25, -0.2) is 9.59 Å². The monoisotopic (exact) mass is 396 g/mol. The van der Waals surface area contributed by atoms with Gasteiger partial charge in [-0.2, -0.15) is 11.8 Å². The highest BCUT2D eigenvalue weighted by atomic mass is 32.2. The van der Waals surface area contributed by atoms with Crippen molar-refractivity contribution in [2.45, 2.75) is 38.4 Å². The summed E-state index contributed by atoms with van der Waals surface area (Å²) in [5, 5.41) is 1.66. The number of rotatable bonds is 5. The van der Waals surface area contributed by atoms with Crippen molar-refractivity contribution in [1.29, 1.82) is 0 Å². The zero-order valence-corrected chi connectivity index (χ0v) is 17.3. The maximum absolute atomic E-state index is 12.4. The van der Waals surface area contributed by atoms with Gasteiger partial charge in [-0.3, -0.25) is 0 Å². The van der Waals surface area contributed by atoms with Gasteiger partial charge in [0, 0.05) is 38.3 Å². The van der Waals surface area contributed by atoms with Crippen LogP contribution in [0, 0.1) is 0 Å². The Morgan fingerprint density at radius 2 is 1.54 bits per heavy atom. The van der Waals surface area contributed by atoms with E-state index in [1.54, 1.807) is 25.6 Å². The van der Waals surface area contributed by atoms with E-state index in [-0.39, 0.29) is 5.25 Å². The number of esters is 2. The minimum Gasteiger partial charge on any atom is -0.422 e. The molecule has 0 N–H and O–H groups in total. The molecule has 0 fully saturated rings. The third-order valence-electron chi connectivity index (χ3n) is 4.85. The molecule has 2 aromatic carbocycles. The van der Waals surface area contributed by atoms with Crippen LogP contribution in [0.4, 0.5) is 0 Å². The predicted octanol–water partition coefficient (Wildman–Crippen LogP) is 5.54. The van der Waals surface area contributed by atoms with Gasteiger partial charge in [0.15, 0.2) is 0 Å². The van der Waals surface area contributed by atoms with Crippen LogP contribution < -0.4 is 9.47 Å².